The molecule has 0 saturated heterocycles. The molecule has 0 aliphatic heterocycles. The van der Waals surface area contributed by atoms with Gasteiger partial charge >= 0.3 is 5.63 Å². The highest BCUT2D eigenvalue weighted by molar-refractivity contribution is 5.82. The van der Waals surface area contributed by atoms with Gasteiger partial charge in [0.05, 0.1) is 7.11 Å². The number of fused-ring (bicyclic) bond motifs is 1. The maximum absolute atomic E-state index is 11.2. The van der Waals surface area contributed by atoms with Crippen molar-refractivity contribution in [1.29, 1.82) is 0 Å². The normalized spacial score (nSPS) is 10.6. The summed E-state index contributed by atoms with van der Waals surface area (Å²) in [5, 5.41) is 0.914. The number of hydrogen-bond donors (Lipinski definition) is 0. The van der Waals surface area contributed by atoms with E-state index < -0.39 is 0 Å². The third kappa shape index (κ3) is 1.61. The summed E-state index contributed by atoms with van der Waals surface area (Å²) in [6.07, 6.45) is 0. The van der Waals surface area contributed by atoms with Crippen LogP contribution in [0, 0.1) is 13.8 Å². The van der Waals surface area contributed by atoms with Crippen molar-refractivity contribution in [3.8, 4) is 5.75 Å². The smallest absolute Gasteiger partial charge is 0.336 e. The average Bonchev–Trinajstić information content (AvgIpc) is 2.16. The third-order valence-corrected chi connectivity index (χ3v) is 2.47. The van der Waals surface area contributed by atoms with E-state index in [1.54, 1.807) is 7.11 Å². The lowest BCUT2D eigenvalue weighted by atomic mass is 10.1. The Labute approximate surface area is 87.3 Å². The Balaban J connectivity index is 2.87. The molecule has 0 radical (unpaired) electrons. The van der Waals surface area contributed by atoms with Gasteiger partial charge in [-0.1, -0.05) is 0 Å². The first-order chi connectivity index (χ1) is 7.11. The number of benzene rings is 1. The molecule has 1 aromatic carbocycles. The predicted molar refractivity (Wildman–Crippen MR) is 58.5 cm³/mol. The molecule has 0 atom stereocenters. The summed E-state index contributed by atoms with van der Waals surface area (Å²) in [7, 11) is 1.63. The summed E-state index contributed by atoms with van der Waals surface area (Å²) in [4.78, 5) is 11.2. The van der Waals surface area contributed by atoms with E-state index in [0.29, 0.717) is 5.58 Å². The zero-order valence-corrected chi connectivity index (χ0v) is 8.96. The zero-order chi connectivity index (χ0) is 11.0. The van der Waals surface area contributed by atoms with Gasteiger partial charge in [0, 0.05) is 11.5 Å². The Hall–Kier alpha value is -1.77. The minimum absolute atomic E-state index is 0.315. The van der Waals surface area contributed by atoms with Gasteiger partial charge in [-0.3, -0.25) is 0 Å². The quantitative estimate of drug-likeness (QED) is 0.669. The summed E-state index contributed by atoms with van der Waals surface area (Å²) in [5.74, 6) is 0.805. The molecule has 0 bridgehead atoms. The summed E-state index contributed by atoms with van der Waals surface area (Å²) < 4.78 is 10.3. The second kappa shape index (κ2) is 3.42. The molecule has 3 nitrogen and oxygen atoms in total. The molecule has 0 spiro atoms. The monoisotopic (exact) mass is 204 g/mol. The topological polar surface area (TPSA) is 39.4 Å². The molecule has 15 heavy (non-hydrogen) atoms. The van der Waals surface area contributed by atoms with Crippen molar-refractivity contribution in [2.75, 3.05) is 7.11 Å². The fourth-order valence-corrected chi connectivity index (χ4v) is 1.67. The van der Waals surface area contributed by atoms with Gasteiger partial charge in [-0.2, -0.15) is 0 Å². The van der Waals surface area contributed by atoms with Crippen LogP contribution in [0.4, 0.5) is 0 Å². The number of aryl methyl sites for hydroxylation is 2. The summed E-state index contributed by atoms with van der Waals surface area (Å²) in [5.41, 5.74) is 2.15. The van der Waals surface area contributed by atoms with E-state index in [2.05, 4.69) is 0 Å². The van der Waals surface area contributed by atoms with Crippen molar-refractivity contribution >= 4 is 11.0 Å². The van der Waals surface area contributed by atoms with Gasteiger partial charge in [-0.05, 0) is 37.1 Å². The maximum Gasteiger partial charge on any atom is 0.336 e. The van der Waals surface area contributed by atoms with E-state index in [9.17, 15) is 4.79 Å². The fourth-order valence-electron chi connectivity index (χ4n) is 1.67. The van der Waals surface area contributed by atoms with E-state index in [0.717, 1.165) is 22.3 Å². The highest BCUT2D eigenvalue weighted by Gasteiger charge is 2.06. The van der Waals surface area contributed by atoms with Crippen LogP contribution in [0.25, 0.3) is 11.0 Å². The predicted octanol–water partition coefficient (Wildman–Crippen LogP) is 2.42. The Morgan fingerprint density at radius 2 is 1.87 bits per heavy atom. The van der Waals surface area contributed by atoms with Gasteiger partial charge in [0.15, 0.2) is 0 Å². The Bertz CT molecular complexity index is 567. The summed E-state index contributed by atoms with van der Waals surface area (Å²) in [6, 6.07) is 5.20. The molecule has 2 rings (SSSR count). The van der Waals surface area contributed by atoms with Crippen LogP contribution in [0.3, 0.4) is 0 Å². The van der Waals surface area contributed by atoms with Crippen molar-refractivity contribution < 1.29 is 9.15 Å². The zero-order valence-electron chi connectivity index (χ0n) is 8.96. The van der Waals surface area contributed by atoms with Crippen LogP contribution in [0.5, 0.6) is 5.75 Å². The van der Waals surface area contributed by atoms with Crippen molar-refractivity contribution in [3.63, 3.8) is 0 Å². The SMILES string of the molecule is COc1cc2c(C)cc(=O)oc2cc1C. The van der Waals surface area contributed by atoms with E-state index in [4.69, 9.17) is 9.15 Å². The molecule has 0 amide bonds. The highest BCUT2D eigenvalue weighted by Crippen LogP contribution is 2.26. The standard InChI is InChI=1S/C12H12O3/c1-7-5-12(13)15-11-4-8(2)10(14-3)6-9(7)11/h4-6H,1-3H3. The van der Waals surface area contributed by atoms with Crippen LogP contribution in [-0.4, -0.2) is 7.11 Å². The molecule has 3 heteroatoms. The second-order valence-electron chi connectivity index (χ2n) is 3.57. The van der Waals surface area contributed by atoms with Gasteiger partial charge in [-0.15, -0.1) is 0 Å². The van der Waals surface area contributed by atoms with Crippen LogP contribution < -0.4 is 10.4 Å². The lowest BCUT2D eigenvalue weighted by Crippen LogP contribution is -1.98. The molecule has 0 unspecified atom stereocenters. The van der Waals surface area contributed by atoms with Crippen molar-refractivity contribution in [3.05, 3.63) is 39.7 Å². The number of ether oxygens (including phenoxy) is 1. The van der Waals surface area contributed by atoms with Gasteiger partial charge in [0.2, 0.25) is 0 Å². The first-order valence-corrected chi connectivity index (χ1v) is 4.71. The lowest BCUT2D eigenvalue weighted by Gasteiger charge is -2.07. The molecule has 0 aliphatic carbocycles. The third-order valence-electron chi connectivity index (χ3n) is 2.47. The van der Waals surface area contributed by atoms with Crippen LogP contribution in [0.1, 0.15) is 11.1 Å². The molecule has 0 saturated carbocycles. The van der Waals surface area contributed by atoms with Crippen LogP contribution in [0.2, 0.25) is 0 Å². The Kier molecular flexibility index (Phi) is 2.23. The Morgan fingerprint density at radius 3 is 2.53 bits per heavy atom. The van der Waals surface area contributed by atoms with E-state index in [1.807, 2.05) is 26.0 Å². The molecule has 1 heterocycles. The fraction of sp³-hybridized carbons (Fsp3) is 0.250. The lowest BCUT2D eigenvalue weighted by molar-refractivity contribution is 0.412. The summed E-state index contributed by atoms with van der Waals surface area (Å²) >= 11 is 0. The van der Waals surface area contributed by atoms with Crippen molar-refractivity contribution in [2.24, 2.45) is 0 Å². The molecule has 2 aromatic rings. The van der Waals surface area contributed by atoms with Gasteiger partial charge in [0.1, 0.15) is 11.3 Å². The Morgan fingerprint density at radius 1 is 1.13 bits per heavy atom. The summed E-state index contributed by atoms with van der Waals surface area (Å²) in [6.45, 7) is 3.80. The van der Waals surface area contributed by atoms with Crippen LogP contribution >= 0.6 is 0 Å². The van der Waals surface area contributed by atoms with Crippen molar-refractivity contribution in [2.45, 2.75) is 13.8 Å². The van der Waals surface area contributed by atoms with Crippen LogP contribution in [-0.2, 0) is 0 Å². The first kappa shape index (κ1) is 9.77. The average molecular weight is 204 g/mol. The van der Waals surface area contributed by atoms with Gasteiger partial charge < -0.3 is 9.15 Å². The van der Waals surface area contributed by atoms with E-state index in [-0.39, 0.29) is 5.63 Å². The van der Waals surface area contributed by atoms with Gasteiger partial charge in [-0.25, -0.2) is 4.79 Å². The van der Waals surface area contributed by atoms with Gasteiger partial charge in [0.25, 0.3) is 0 Å². The largest absolute Gasteiger partial charge is 0.496 e. The van der Waals surface area contributed by atoms with E-state index in [1.165, 1.54) is 6.07 Å². The minimum atomic E-state index is -0.315. The molecule has 78 valence electrons. The number of rotatable bonds is 1. The molecule has 0 N–H and O–H groups in total. The molecular formula is C12H12O3. The number of hydrogen-bond acceptors (Lipinski definition) is 3. The molecule has 1 aromatic heterocycles. The second-order valence-corrected chi connectivity index (χ2v) is 3.57. The number of methoxy groups -OCH3 is 1. The molecular weight excluding hydrogens is 192 g/mol. The first-order valence-electron chi connectivity index (χ1n) is 4.71. The minimum Gasteiger partial charge on any atom is -0.496 e. The molecule has 0 aliphatic rings. The van der Waals surface area contributed by atoms with Crippen LogP contribution in [0.15, 0.2) is 27.4 Å². The van der Waals surface area contributed by atoms with E-state index >= 15 is 0 Å². The maximum atomic E-state index is 11.2. The molecule has 0 fully saturated rings. The highest BCUT2D eigenvalue weighted by atomic mass is 16.5. The van der Waals surface area contributed by atoms with Crippen molar-refractivity contribution in [1.82, 2.24) is 0 Å².